The number of hydrogen-bond acceptors (Lipinski definition) is 4. The van der Waals surface area contributed by atoms with Crippen molar-refractivity contribution in [1.29, 1.82) is 0 Å². The van der Waals surface area contributed by atoms with E-state index in [0.29, 0.717) is 5.39 Å². The van der Waals surface area contributed by atoms with Gasteiger partial charge in [-0.05, 0) is 12.1 Å². The predicted octanol–water partition coefficient (Wildman–Crippen LogP) is 1.73. The van der Waals surface area contributed by atoms with E-state index in [1.165, 1.54) is 13.0 Å². The summed E-state index contributed by atoms with van der Waals surface area (Å²) in [7, 11) is -0.0614. The molecular formula is C14H16N2O3S. The molecule has 6 heteroatoms. The van der Waals surface area contributed by atoms with E-state index >= 15 is 0 Å². The van der Waals surface area contributed by atoms with Gasteiger partial charge >= 0.3 is 0 Å². The van der Waals surface area contributed by atoms with Crippen molar-refractivity contribution in [1.82, 2.24) is 4.72 Å². The molecule has 0 aliphatic rings. The molecule has 0 atom stereocenters. The number of benzene rings is 2. The van der Waals surface area contributed by atoms with Gasteiger partial charge < -0.3 is 4.90 Å². The summed E-state index contributed by atoms with van der Waals surface area (Å²) < 4.78 is 26.4. The van der Waals surface area contributed by atoms with Crippen molar-refractivity contribution in [3.05, 3.63) is 36.4 Å². The fourth-order valence-corrected chi connectivity index (χ4v) is 3.35. The topological polar surface area (TPSA) is 66.5 Å². The highest BCUT2D eigenvalue weighted by atomic mass is 32.2. The fourth-order valence-electron chi connectivity index (χ4n) is 2.13. The van der Waals surface area contributed by atoms with Gasteiger partial charge in [-0.25, -0.2) is 13.1 Å². The van der Waals surface area contributed by atoms with Gasteiger partial charge in [0.1, 0.15) is 0 Å². The van der Waals surface area contributed by atoms with Crippen molar-refractivity contribution in [3.63, 3.8) is 0 Å². The number of sulfonamides is 1. The summed E-state index contributed by atoms with van der Waals surface area (Å²) in [5.74, 6) is -0.606. The average Bonchev–Trinajstić information content (AvgIpc) is 2.35. The van der Waals surface area contributed by atoms with Gasteiger partial charge in [-0.15, -0.1) is 0 Å². The molecular weight excluding hydrogens is 276 g/mol. The summed E-state index contributed by atoms with van der Waals surface area (Å²) in [6.07, 6.45) is 0. The molecule has 0 heterocycles. The first-order valence-corrected chi connectivity index (χ1v) is 7.53. The first-order chi connectivity index (χ1) is 9.33. The fraction of sp³-hybridized carbons (Fsp3) is 0.214. The maximum atomic E-state index is 12.2. The highest BCUT2D eigenvalue weighted by Crippen LogP contribution is 2.29. The molecule has 2 rings (SSSR count). The van der Waals surface area contributed by atoms with E-state index < -0.39 is 15.9 Å². The van der Waals surface area contributed by atoms with E-state index in [-0.39, 0.29) is 4.90 Å². The molecule has 20 heavy (non-hydrogen) atoms. The third-order valence-corrected chi connectivity index (χ3v) is 4.40. The Morgan fingerprint density at radius 3 is 2.25 bits per heavy atom. The van der Waals surface area contributed by atoms with Gasteiger partial charge in [0.05, 0.1) is 4.90 Å². The number of fused-ring (bicyclic) bond motifs is 1. The molecule has 0 saturated carbocycles. The number of carbonyl (C=O) groups is 1. The van der Waals surface area contributed by atoms with E-state index in [4.69, 9.17) is 0 Å². The molecule has 0 bridgehead atoms. The molecule has 0 saturated heterocycles. The second kappa shape index (κ2) is 5.13. The van der Waals surface area contributed by atoms with Gasteiger partial charge in [0.15, 0.2) is 0 Å². The van der Waals surface area contributed by atoms with Crippen LogP contribution in [0.3, 0.4) is 0 Å². The lowest BCUT2D eigenvalue weighted by Gasteiger charge is -2.16. The second-order valence-corrected chi connectivity index (χ2v) is 6.34. The Morgan fingerprint density at radius 2 is 1.65 bits per heavy atom. The summed E-state index contributed by atoms with van der Waals surface area (Å²) in [4.78, 5) is 13.1. The predicted molar refractivity (Wildman–Crippen MR) is 79.3 cm³/mol. The van der Waals surface area contributed by atoms with Crippen LogP contribution in [0.5, 0.6) is 0 Å². The molecule has 0 aliphatic heterocycles. The quantitative estimate of drug-likeness (QED) is 0.935. The molecule has 2 aromatic carbocycles. The first-order valence-electron chi connectivity index (χ1n) is 6.05. The molecule has 1 N–H and O–H groups in total. The number of nitrogens with zero attached hydrogens (tertiary/aromatic N) is 1. The Bertz CT molecular complexity index is 767. The molecule has 0 radical (unpaired) electrons. The van der Waals surface area contributed by atoms with Crippen LogP contribution in [-0.4, -0.2) is 28.4 Å². The van der Waals surface area contributed by atoms with E-state index in [0.717, 1.165) is 11.1 Å². The maximum Gasteiger partial charge on any atom is 0.264 e. The number of anilines is 1. The van der Waals surface area contributed by atoms with Crippen molar-refractivity contribution in [2.75, 3.05) is 19.0 Å². The average molecular weight is 292 g/mol. The van der Waals surface area contributed by atoms with Gasteiger partial charge in [-0.1, -0.05) is 24.3 Å². The first kappa shape index (κ1) is 14.3. The standard InChI is InChI=1S/C14H16N2O3S/c1-10(17)15-20(18,19)14-9-5-6-11-12(14)7-4-8-13(11)16(2)3/h4-9H,1-3H3,(H,15,17). The second-order valence-electron chi connectivity index (χ2n) is 4.68. The highest BCUT2D eigenvalue weighted by Gasteiger charge is 2.19. The molecule has 1 amide bonds. The third kappa shape index (κ3) is 2.60. The van der Waals surface area contributed by atoms with Crippen molar-refractivity contribution >= 4 is 32.4 Å². The van der Waals surface area contributed by atoms with Crippen molar-refractivity contribution < 1.29 is 13.2 Å². The molecule has 0 unspecified atom stereocenters. The van der Waals surface area contributed by atoms with Crippen LogP contribution in [0.1, 0.15) is 6.92 Å². The molecule has 0 fully saturated rings. The number of hydrogen-bond donors (Lipinski definition) is 1. The molecule has 5 nitrogen and oxygen atoms in total. The van der Waals surface area contributed by atoms with Crippen LogP contribution in [0.25, 0.3) is 10.8 Å². The Morgan fingerprint density at radius 1 is 1.05 bits per heavy atom. The van der Waals surface area contributed by atoms with Crippen molar-refractivity contribution in [2.45, 2.75) is 11.8 Å². The lowest BCUT2D eigenvalue weighted by molar-refractivity contribution is -0.117. The van der Waals surface area contributed by atoms with Crippen LogP contribution in [0, 0.1) is 0 Å². The van der Waals surface area contributed by atoms with E-state index in [1.54, 1.807) is 18.2 Å². The van der Waals surface area contributed by atoms with Crippen LogP contribution in [0.2, 0.25) is 0 Å². The van der Waals surface area contributed by atoms with E-state index in [2.05, 4.69) is 0 Å². The smallest absolute Gasteiger partial charge is 0.264 e. The summed E-state index contributed by atoms with van der Waals surface area (Å²) in [6, 6.07) is 10.5. The van der Waals surface area contributed by atoms with Crippen LogP contribution >= 0.6 is 0 Å². The number of amides is 1. The van der Waals surface area contributed by atoms with E-state index in [1.807, 2.05) is 35.9 Å². The summed E-state index contributed by atoms with van der Waals surface area (Å²) in [5, 5.41) is 1.41. The molecule has 0 spiro atoms. The minimum atomic E-state index is -3.85. The summed E-state index contributed by atoms with van der Waals surface area (Å²) in [5.41, 5.74) is 0.919. The summed E-state index contributed by atoms with van der Waals surface area (Å²) in [6.45, 7) is 1.17. The Kier molecular flexibility index (Phi) is 3.67. The normalized spacial score (nSPS) is 11.3. The van der Waals surface area contributed by atoms with Crippen molar-refractivity contribution in [3.8, 4) is 0 Å². The molecule has 2 aromatic rings. The Balaban J connectivity index is 2.74. The number of rotatable bonds is 3. The minimum absolute atomic E-state index is 0.105. The minimum Gasteiger partial charge on any atom is -0.377 e. The van der Waals surface area contributed by atoms with Crippen LogP contribution in [-0.2, 0) is 14.8 Å². The van der Waals surface area contributed by atoms with Crippen LogP contribution in [0.4, 0.5) is 5.69 Å². The van der Waals surface area contributed by atoms with E-state index in [9.17, 15) is 13.2 Å². The lowest BCUT2D eigenvalue weighted by atomic mass is 10.1. The molecule has 0 aromatic heterocycles. The SMILES string of the molecule is CC(=O)NS(=O)(=O)c1cccc2c(N(C)C)cccc12. The third-order valence-electron chi connectivity index (χ3n) is 2.91. The highest BCUT2D eigenvalue weighted by molar-refractivity contribution is 7.90. The zero-order valence-electron chi connectivity index (χ0n) is 11.5. The monoisotopic (exact) mass is 292 g/mol. The van der Waals surface area contributed by atoms with Crippen LogP contribution < -0.4 is 9.62 Å². The largest absolute Gasteiger partial charge is 0.377 e. The van der Waals surface area contributed by atoms with Gasteiger partial charge in [0, 0.05) is 37.5 Å². The summed E-state index contributed by atoms with van der Waals surface area (Å²) >= 11 is 0. The van der Waals surface area contributed by atoms with Gasteiger partial charge in [0.2, 0.25) is 5.91 Å². The Hall–Kier alpha value is -2.08. The lowest BCUT2D eigenvalue weighted by Crippen LogP contribution is -2.28. The number of nitrogens with one attached hydrogen (secondary N) is 1. The molecule has 0 aliphatic carbocycles. The van der Waals surface area contributed by atoms with Gasteiger partial charge in [0.25, 0.3) is 10.0 Å². The van der Waals surface area contributed by atoms with Crippen molar-refractivity contribution in [2.24, 2.45) is 0 Å². The Labute approximate surface area is 118 Å². The van der Waals surface area contributed by atoms with Gasteiger partial charge in [-0.2, -0.15) is 0 Å². The molecule has 106 valence electrons. The zero-order valence-corrected chi connectivity index (χ0v) is 12.4. The van der Waals surface area contributed by atoms with Gasteiger partial charge in [-0.3, -0.25) is 4.79 Å². The van der Waals surface area contributed by atoms with Crippen LogP contribution in [0.15, 0.2) is 41.3 Å². The maximum absolute atomic E-state index is 12.2. The number of carbonyl (C=O) groups excluding carboxylic acids is 1. The zero-order chi connectivity index (χ0) is 14.9.